The number of hydrogen-bond acceptors (Lipinski definition) is 3. The summed E-state index contributed by atoms with van der Waals surface area (Å²) in [4.78, 5) is 19.1. The first-order valence-electron chi connectivity index (χ1n) is 5.88. The second-order valence-corrected chi connectivity index (χ2v) is 4.65. The smallest absolute Gasteiger partial charge is 0.259 e. The van der Waals surface area contributed by atoms with Crippen LogP contribution in [0.25, 0.3) is 22.3 Å². The zero-order chi connectivity index (χ0) is 14.1. The molecule has 0 aliphatic carbocycles. The van der Waals surface area contributed by atoms with E-state index in [0.717, 1.165) is 0 Å². The first kappa shape index (κ1) is 12.4. The summed E-state index contributed by atoms with van der Waals surface area (Å²) in [6.45, 7) is 0. The van der Waals surface area contributed by atoms with E-state index in [1.54, 1.807) is 36.4 Å². The molecule has 0 aliphatic heterocycles. The highest BCUT2D eigenvalue weighted by molar-refractivity contribution is 6.32. The van der Waals surface area contributed by atoms with Crippen molar-refractivity contribution in [1.29, 1.82) is 5.26 Å². The normalized spacial score (nSPS) is 10.4. The van der Waals surface area contributed by atoms with Crippen LogP contribution in [0.1, 0.15) is 5.56 Å². The quantitative estimate of drug-likeness (QED) is 0.745. The van der Waals surface area contributed by atoms with Gasteiger partial charge < -0.3 is 4.98 Å². The lowest BCUT2D eigenvalue weighted by Gasteiger charge is -2.04. The van der Waals surface area contributed by atoms with Crippen molar-refractivity contribution in [1.82, 2.24) is 9.97 Å². The molecule has 0 saturated carbocycles. The van der Waals surface area contributed by atoms with E-state index in [1.165, 1.54) is 0 Å². The van der Waals surface area contributed by atoms with Crippen molar-refractivity contribution in [3.63, 3.8) is 0 Å². The molecule has 0 unspecified atom stereocenters. The maximum absolute atomic E-state index is 12.0. The minimum absolute atomic E-state index is 0.203. The highest BCUT2D eigenvalue weighted by Gasteiger charge is 2.07. The van der Waals surface area contributed by atoms with Gasteiger partial charge in [-0.15, -0.1) is 0 Å². The fourth-order valence-corrected chi connectivity index (χ4v) is 2.20. The Hall–Kier alpha value is -2.64. The molecule has 0 saturated heterocycles. The molecule has 1 N–H and O–H groups in total. The highest BCUT2D eigenvalue weighted by Crippen LogP contribution is 2.23. The molecule has 0 spiro atoms. The number of rotatable bonds is 1. The lowest BCUT2D eigenvalue weighted by Crippen LogP contribution is -2.09. The Morgan fingerprint density at radius 1 is 1.20 bits per heavy atom. The minimum atomic E-state index is -0.203. The Balaban J connectivity index is 2.23. The maximum atomic E-state index is 12.0. The van der Waals surface area contributed by atoms with Gasteiger partial charge in [0.05, 0.1) is 21.5 Å². The van der Waals surface area contributed by atoms with Crippen LogP contribution < -0.4 is 5.56 Å². The van der Waals surface area contributed by atoms with Crippen molar-refractivity contribution < 1.29 is 0 Å². The van der Waals surface area contributed by atoms with Crippen molar-refractivity contribution in [2.45, 2.75) is 0 Å². The summed E-state index contributed by atoms with van der Waals surface area (Å²) >= 11 is 6.00. The number of aromatic nitrogens is 2. The average Bonchev–Trinajstić information content (AvgIpc) is 2.47. The summed E-state index contributed by atoms with van der Waals surface area (Å²) in [6, 6.07) is 14.0. The van der Waals surface area contributed by atoms with Gasteiger partial charge in [0, 0.05) is 5.56 Å². The van der Waals surface area contributed by atoms with Crippen LogP contribution in [0.3, 0.4) is 0 Å². The summed E-state index contributed by atoms with van der Waals surface area (Å²) in [5.74, 6) is 0.431. The van der Waals surface area contributed by atoms with Crippen molar-refractivity contribution in [3.8, 4) is 17.5 Å². The number of hydrogen-bond donors (Lipinski definition) is 1. The molecular weight excluding hydrogens is 274 g/mol. The molecule has 1 aromatic heterocycles. The molecule has 0 amide bonds. The van der Waals surface area contributed by atoms with Crippen molar-refractivity contribution >= 4 is 22.5 Å². The largest absolute Gasteiger partial charge is 0.306 e. The highest BCUT2D eigenvalue weighted by atomic mass is 35.5. The van der Waals surface area contributed by atoms with E-state index in [0.29, 0.717) is 32.9 Å². The number of nitrogens with zero attached hydrogens (tertiary/aromatic N) is 2. The van der Waals surface area contributed by atoms with Gasteiger partial charge in [0.25, 0.3) is 5.56 Å². The van der Waals surface area contributed by atoms with Crippen LogP contribution in [0.5, 0.6) is 0 Å². The molecule has 1 heterocycles. The lowest BCUT2D eigenvalue weighted by molar-refractivity contribution is 1.18. The number of aromatic amines is 1. The number of para-hydroxylation sites is 1. The Kier molecular flexibility index (Phi) is 2.97. The molecule has 5 heteroatoms. The third-order valence-corrected chi connectivity index (χ3v) is 3.29. The van der Waals surface area contributed by atoms with Gasteiger partial charge in [-0.05, 0) is 30.3 Å². The van der Waals surface area contributed by atoms with Gasteiger partial charge in [-0.1, -0.05) is 23.7 Å². The number of halogens is 1. The molecule has 2 aromatic carbocycles. The molecule has 96 valence electrons. The molecule has 0 radical (unpaired) electrons. The van der Waals surface area contributed by atoms with Gasteiger partial charge in [-0.2, -0.15) is 5.26 Å². The number of H-pyrrole nitrogens is 1. The summed E-state index contributed by atoms with van der Waals surface area (Å²) < 4.78 is 0. The number of nitriles is 1. The first-order valence-corrected chi connectivity index (χ1v) is 6.26. The van der Waals surface area contributed by atoms with Gasteiger partial charge in [-0.3, -0.25) is 4.79 Å². The zero-order valence-corrected chi connectivity index (χ0v) is 11.0. The van der Waals surface area contributed by atoms with Crippen LogP contribution in [0.15, 0.2) is 47.3 Å². The van der Waals surface area contributed by atoms with E-state index < -0.39 is 0 Å². The predicted molar refractivity (Wildman–Crippen MR) is 77.5 cm³/mol. The van der Waals surface area contributed by atoms with Crippen LogP contribution in [-0.4, -0.2) is 9.97 Å². The van der Waals surface area contributed by atoms with E-state index in [2.05, 4.69) is 9.97 Å². The van der Waals surface area contributed by atoms with Crippen LogP contribution in [-0.2, 0) is 0 Å². The number of benzene rings is 2. The Morgan fingerprint density at radius 2 is 2.00 bits per heavy atom. The second kappa shape index (κ2) is 4.80. The van der Waals surface area contributed by atoms with Gasteiger partial charge in [0.15, 0.2) is 0 Å². The van der Waals surface area contributed by atoms with E-state index in [-0.39, 0.29) is 5.56 Å². The third kappa shape index (κ3) is 2.04. The molecule has 0 aliphatic rings. The predicted octanol–water partition coefficient (Wildman–Crippen LogP) is 3.12. The molecule has 20 heavy (non-hydrogen) atoms. The molecule has 0 bridgehead atoms. The van der Waals surface area contributed by atoms with Gasteiger partial charge >= 0.3 is 0 Å². The van der Waals surface area contributed by atoms with Gasteiger partial charge in [0.2, 0.25) is 0 Å². The topological polar surface area (TPSA) is 69.5 Å². The molecule has 3 rings (SSSR count). The standard InChI is InChI=1S/C15H8ClN3O/c16-12-7-9(5-6-10(12)8-17)14-18-13-4-2-1-3-11(13)15(20)19-14/h1-7H,(H,18,19,20). The second-order valence-electron chi connectivity index (χ2n) is 4.24. The Labute approximate surface area is 119 Å². The summed E-state index contributed by atoms with van der Waals surface area (Å²) in [7, 11) is 0. The van der Waals surface area contributed by atoms with Crippen LogP contribution in [0.2, 0.25) is 5.02 Å². The summed E-state index contributed by atoms with van der Waals surface area (Å²) in [5, 5.41) is 9.73. The Bertz CT molecular complexity index is 909. The lowest BCUT2D eigenvalue weighted by atomic mass is 10.1. The minimum Gasteiger partial charge on any atom is -0.306 e. The fraction of sp³-hybridized carbons (Fsp3) is 0. The molecule has 0 atom stereocenters. The van der Waals surface area contributed by atoms with E-state index in [1.807, 2.05) is 12.1 Å². The van der Waals surface area contributed by atoms with Crippen molar-refractivity contribution in [2.75, 3.05) is 0 Å². The Morgan fingerprint density at radius 3 is 2.75 bits per heavy atom. The molecular formula is C15H8ClN3O. The molecule has 3 aromatic rings. The van der Waals surface area contributed by atoms with Gasteiger partial charge in [0.1, 0.15) is 11.9 Å². The summed E-state index contributed by atoms with van der Waals surface area (Å²) in [5.41, 5.74) is 1.47. The summed E-state index contributed by atoms with van der Waals surface area (Å²) in [6.07, 6.45) is 0. The van der Waals surface area contributed by atoms with Crippen LogP contribution in [0, 0.1) is 11.3 Å². The molecule has 4 nitrogen and oxygen atoms in total. The molecule has 0 fully saturated rings. The van der Waals surface area contributed by atoms with E-state index in [4.69, 9.17) is 16.9 Å². The average molecular weight is 282 g/mol. The van der Waals surface area contributed by atoms with Gasteiger partial charge in [-0.25, -0.2) is 4.98 Å². The fourth-order valence-electron chi connectivity index (χ4n) is 1.98. The van der Waals surface area contributed by atoms with Crippen LogP contribution in [0.4, 0.5) is 0 Å². The monoisotopic (exact) mass is 281 g/mol. The third-order valence-electron chi connectivity index (χ3n) is 2.98. The van der Waals surface area contributed by atoms with Crippen LogP contribution >= 0.6 is 11.6 Å². The zero-order valence-electron chi connectivity index (χ0n) is 10.2. The SMILES string of the molecule is N#Cc1ccc(-c2nc3ccccc3c(=O)[nH]2)cc1Cl. The van der Waals surface area contributed by atoms with E-state index >= 15 is 0 Å². The number of nitrogens with one attached hydrogen (secondary N) is 1. The maximum Gasteiger partial charge on any atom is 0.259 e. The number of fused-ring (bicyclic) bond motifs is 1. The van der Waals surface area contributed by atoms with E-state index in [9.17, 15) is 4.79 Å². The van der Waals surface area contributed by atoms with Crippen molar-refractivity contribution in [3.05, 3.63) is 63.4 Å². The van der Waals surface area contributed by atoms with Crippen molar-refractivity contribution in [2.24, 2.45) is 0 Å². The first-order chi connectivity index (χ1) is 9.69.